The SMILES string of the molecule is Cc1cccc(-n2c(S[C@@H](C)C(=O)c3c(N)n(C)c(=O)n(C)c3=O)nc3sc4c(c3c2=O)CCCC4)c1. The summed E-state index contributed by atoms with van der Waals surface area (Å²) in [5, 5.41) is 0.214. The number of Topliss-reactive ketones (excluding diaryl/α,β-unsaturated/α-hetero) is 1. The first kappa shape index (κ1) is 25.2. The monoisotopic (exact) mass is 537 g/mol. The number of rotatable bonds is 5. The number of thiophene rings is 1. The Morgan fingerprint density at radius 3 is 2.57 bits per heavy atom. The van der Waals surface area contributed by atoms with Crippen LogP contribution in [-0.4, -0.2) is 29.7 Å². The number of aromatic nitrogens is 4. The van der Waals surface area contributed by atoms with E-state index in [1.165, 1.54) is 19.0 Å². The van der Waals surface area contributed by atoms with Crippen LogP contribution >= 0.6 is 23.1 Å². The quantitative estimate of drug-likeness (QED) is 0.236. The van der Waals surface area contributed by atoms with Crippen molar-refractivity contribution < 1.29 is 4.79 Å². The fraction of sp³-hybridized carbons (Fsp3) is 0.346. The average molecular weight is 538 g/mol. The summed E-state index contributed by atoms with van der Waals surface area (Å²) >= 11 is 2.64. The minimum atomic E-state index is -0.803. The summed E-state index contributed by atoms with van der Waals surface area (Å²) in [6.07, 6.45) is 3.93. The van der Waals surface area contributed by atoms with Gasteiger partial charge >= 0.3 is 5.69 Å². The van der Waals surface area contributed by atoms with Crippen LogP contribution in [0.1, 0.15) is 46.1 Å². The summed E-state index contributed by atoms with van der Waals surface area (Å²) in [5.74, 6) is -0.717. The Balaban J connectivity index is 1.67. The molecular formula is C26H27N5O4S2. The summed E-state index contributed by atoms with van der Waals surface area (Å²) in [6.45, 7) is 3.59. The first-order chi connectivity index (χ1) is 17.6. The standard InChI is InChI=1S/C26H27N5O4S2/c1-13-8-7-9-15(12-13)31-24(34)18-16-10-5-6-11-17(16)37-22(18)28-25(31)36-14(2)20(32)19-21(27)29(3)26(35)30(4)23(19)33/h7-9,12,14H,5-6,10-11,27H2,1-4H3/t14-/m0/s1. The molecule has 0 aliphatic heterocycles. The van der Waals surface area contributed by atoms with Crippen LogP contribution in [0.2, 0.25) is 0 Å². The number of fused-ring (bicyclic) bond motifs is 3. The molecule has 1 aliphatic carbocycles. The second kappa shape index (κ2) is 9.46. The lowest BCUT2D eigenvalue weighted by Gasteiger charge is -2.17. The molecule has 11 heteroatoms. The number of carbonyl (C=O) groups is 1. The van der Waals surface area contributed by atoms with Crippen molar-refractivity contribution in [2.75, 3.05) is 5.73 Å². The lowest BCUT2D eigenvalue weighted by Crippen LogP contribution is -2.42. The van der Waals surface area contributed by atoms with Crippen molar-refractivity contribution in [2.24, 2.45) is 14.1 Å². The predicted molar refractivity (Wildman–Crippen MR) is 148 cm³/mol. The third-order valence-corrected chi connectivity index (χ3v) is 9.06. The molecule has 9 nitrogen and oxygen atoms in total. The minimum Gasteiger partial charge on any atom is -0.384 e. The van der Waals surface area contributed by atoms with Crippen molar-refractivity contribution in [3.8, 4) is 5.69 Å². The molecule has 1 aliphatic rings. The van der Waals surface area contributed by atoms with Crippen LogP contribution < -0.4 is 22.5 Å². The maximum absolute atomic E-state index is 14.0. The van der Waals surface area contributed by atoms with Crippen molar-refractivity contribution >= 4 is 44.9 Å². The summed E-state index contributed by atoms with van der Waals surface area (Å²) in [6, 6.07) is 7.58. The van der Waals surface area contributed by atoms with E-state index in [0.717, 1.165) is 57.7 Å². The highest BCUT2D eigenvalue weighted by atomic mass is 32.2. The summed E-state index contributed by atoms with van der Waals surface area (Å²) in [4.78, 5) is 59.2. The van der Waals surface area contributed by atoms with Gasteiger partial charge in [-0.05, 0) is 62.8 Å². The Bertz CT molecular complexity index is 1760. The van der Waals surface area contributed by atoms with Gasteiger partial charge in [0.1, 0.15) is 16.2 Å². The van der Waals surface area contributed by atoms with E-state index in [9.17, 15) is 19.2 Å². The number of nitrogens with two attached hydrogens (primary N) is 1. The van der Waals surface area contributed by atoms with E-state index in [4.69, 9.17) is 10.7 Å². The normalized spacial score (nSPS) is 14.1. The van der Waals surface area contributed by atoms with Crippen LogP contribution in [0.25, 0.3) is 15.9 Å². The van der Waals surface area contributed by atoms with Gasteiger partial charge in [0.15, 0.2) is 10.9 Å². The molecule has 192 valence electrons. The van der Waals surface area contributed by atoms with Gasteiger partial charge in [-0.2, -0.15) is 0 Å². The highest BCUT2D eigenvalue weighted by Crippen LogP contribution is 2.36. The van der Waals surface area contributed by atoms with Crippen molar-refractivity contribution in [1.82, 2.24) is 18.7 Å². The lowest BCUT2D eigenvalue weighted by molar-refractivity contribution is 0.0992. The Hall–Kier alpha value is -3.44. The van der Waals surface area contributed by atoms with E-state index in [0.29, 0.717) is 21.1 Å². The van der Waals surface area contributed by atoms with E-state index >= 15 is 0 Å². The smallest absolute Gasteiger partial charge is 0.332 e. The van der Waals surface area contributed by atoms with Crippen LogP contribution in [-0.2, 0) is 26.9 Å². The van der Waals surface area contributed by atoms with Gasteiger partial charge in [-0.3, -0.25) is 28.1 Å². The number of aryl methyl sites for hydroxylation is 3. The van der Waals surface area contributed by atoms with Gasteiger partial charge in [0, 0.05) is 19.0 Å². The lowest BCUT2D eigenvalue weighted by atomic mass is 9.97. The van der Waals surface area contributed by atoms with Crippen molar-refractivity contribution in [3.05, 3.63) is 77.0 Å². The van der Waals surface area contributed by atoms with Crippen LogP contribution in [0, 0.1) is 6.92 Å². The molecule has 0 amide bonds. The van der Waals surface area contributed by atoms with Crippen molar-refractivity contribution in [1.29, 1.82) is 0 Å². The Kier molecular flexibility index (Phi) is 6.45. The van der Waals surface area contributed by atoms with Crippen molar-refractivity contribution in [2.45, 2.75) is 49.9 Å². The molecule has 1 aromatic carbocycles. The van der Waals surface area contributed by atoms with Gasteiger partial charge in [-0.25, -0.2) is 9.78 Å². The van der Waals surface area contributed by atoms with E-state index in [1.807, 2.05) is 31.2 Å². The van der Waals surface area contributed by atoms with Gasteiger partial charge in [0.2, 0.25) is 0 Å². The van der Waals surface area contributed by atoms with Crippen LogP contribution in [0.4, 0.5) is 5.82 Å². The molecular weight excluding hydrogens is 510 g/mol. The van der Waals surface area contributed by atoms with Gasteiger partial charge in [0.25, 0.3) is 11.1 Å². The number of nitrogens with zero attached hydrogens (tertiary/aromatic N) is 4. The fourth-order valence-corrected chi connectivity index (χ4v) is 7.05. The molecule has 5 rings (SSSR count). The van der Waals surface area contributed by atoms with Crippen LogP contribution in [0.15, 0.2) is 43.8 Å². The molecule has 0 saturated heterocycles. The third-order valence-electron chi connectivity index (χ3n) is 6.83. The minimum absolute atomic E-state index is 0.158. The summed E-state index contributed by atoms with van der Waals surface area (Å²) in [5.41, 5.74) is 7.00. The van der Waals surface area contributed by atoms with Gasteiger partial charge < -0.3 is 5.73 Å². The molecule has 3 aromatic heterocycles. The summed E-state index contributed by atoms with van der Waals surface area (Å²) < 4.78 is 3.51. The molecule has 37 heavy (non-hydrogen) atoms. The number of hydrogen-bond donors (Lipinski definition) is 1. The van der Waals surface area contributed by atoms with E-state index in [-0.39, 0.29) is 16.9 Å². The largest absolute Gasteiger partial charge is 0.384 e. The number of nitrogen functional groups attached to an aromatic ring is 1. The average Bonchev–Trinajstić information content (AvgIpc) is 3.25. The first-order valence-electron chi connectivity index (χ1n) is 12.0. The highest BCUT2D eigenvalue weighted by molar-refractivity contribution is 8.00. The van der Waals surface area contributed by atoms with Crippen LogP contribution in [0.5, 0.6) is 0 Å². The zero-order valence-electron chi connectivity index (χ0n) is 21.0. The van der Waals surface area contributed by atoms with Crippen molar-refractivity contribution in [3.63, 3.8) is 0 Å². The Morgan fingerprint density at radius 1 is 1.11 bits per heavy atom. The Morgan fingerprint density at radius 2 is 1.84 bits per heavy atom. The second-order valence-electron chi connectivity index (χ2n) is 9.36. The highest BCUT2D eigenvalue weighted by Gasteiger charge is 2.28. The number of ketones is 1. The number of thioether (sulfide) groups is 1. The number of hydrogen-bond acceptors (Lipinski definition) is 8. The molecule has 0 unspecified atom stereocenters. The molecule has 2 N–H and O–H groups in total. The number of anilines is 1. The third kappa shape index (κ3) is 4.15. The molecule has 0 radical (unpaired) electrons. The zero-order chi connectivity index (χ0) is 26.6. The summed E-state index contributed by atoms with van der Waals surface area (Å²) in [7, 11) is 2.72. The van der Waals surface area contributed by atoms with Crippen LogP contribution in [0.3, 0.4) is 0 Å². The predicted octanol–water partition coefficient (Wildman–Crippen LogP) is 2.98. The molecule has 1 atom stereocenters. The topological polar surface area (TPSA) is 122 Å². The van der Waals surface area contributed by atoms with E-state index in [1.54, 1.807) is 22.8 Å². The van der Waals surface area contributed by atoms with Gasteiger partial charge in [0.05, 0.1) is 16.3 Å². The molecule has 0 fully saturated rings. The van der Waals surface area contributed by atoms with Gasteiger partial charge in [-0.1, -0.05) is 23.9 Å². The second-order valence-corrected chi connectivity index (χ2v) is 11.7. The Labute approximate surface area is 220 Å². The van der Waals surface area contributed by atoms with Gasteiger partial charge in [-0.15, -0.1) is 11.3 Å². The van der Waals surface area contributed by atoms with E-state index < -0.39 is 22.3 Å². The molecule has 4 aromatic rings. The maximum Gasteiger partial charge on any atom is 0.332 e. The number of carbonyl (C=O) groups excluding carboxylic acids is 1. The number of benzene rings is 1. The molecule has 3 heterocycles. The molecule has 0 spiro atoms. The van der Waals surface area contributed by atoms with E-state index in [2.05, 4.69) is 0 Å². The zero-order valence-corrected chi connectivity index (χ0v) is 22.7. The maximum atomic E-state index is 14.0. The first-order valence-corrected chi connectivity index (χ1v) is 13.7. The molecule has 0 bridgehead atoms. The molecule has 0 saturated carbocycles. The fourth-order valence-electron chi connectivity index (χ4n) is 4.77.